The predicted molar refractivity (Wildman–Crippen MR) is 146 cm³/mol. The van der Waals surface area contributed by atoms with Gasteiger partial charge in [0.05, 0.1) is 50.7 Å². The van der Waals surface area contributed by atoms with Crippen molar-refractivity contribution in [3.8, 4) is 5.75 Å². The fourth-order valence-corrected chi connectivity index (χ4v) is 4.56. The van der Waals surface area contributed by atoms with E-state index in [1.54, 1.807) is 30.3 Å². The average Bonchev–Trinajstić information content (AvgIpc) is 2.89. The van der Waals surface area contributed by atoms with Gasteiger partial charge in [-0.1, -0.05) is 24.3 Å². The summed E-state index contributed by atoms with van der Waals surface area (Å²) >= 11 is 0. The summed E-state index contributed by atoms with van der Waals surface area (Å²) in [4.78, 5) is 29.5. The number of hydrogen-bond acceptors (Lipinski definition) is 5. The summed E-state index contributed by atoms with van der Waals surface area (Å²) in [5, 5.41) is 17.8. The third-order valence-corrected chi connectivity index (χ3v) is 6.65. The van der Waals surface area contributed by atoms with Crippen molar-refractivity contribution in [2.45, 2.75) is 0 Å². The number of ketones is 2. The van der Waals surface area contributed by atoms with Crippen molar-refractivity contribution in [1.29, 1.82) is 0 Å². The van der Waals surface area contributed by atoms with Gasteiger partial charge in [-0.15, -0.1) is 0 Å². The molecule has 0 aliphatic heterocycles. The minimum absolute atomic E-state index is 0.0000813. The molecule has 7 nitrogen and oxygen atoms in total. The SMILES string of the molecule is C[NH+](C)c1ccc(Nc2cc(Nc3ccc([NH+](C)C)cc3)c3c(c2O)C(=O)c2ccccc2C3=O)cc1. The number of fused-ring (bicyclic) bond motifs is 2. The number of hydrogen-bond donors (Lipinski definition) is 5. The van der Waals surface area contributed by atoms with Crippen LogP contribution in [0.15, 0.2) is 78.9 Å². The van der Waals surface area contributed by atoms with Crippen LogP contribution in [0.4, 0.5) is 34.1 Å². The zero-order chi connectivity index (χ0) is 26.3. The Bertz CT molecular complexity index is 1510. The summed E-state index contributed by atoms with van der Waals surface area (Å²) in [7, 11) is 8.18. The van der Waals surface area contributed by atoms with Crippen molar-refractivity contribution in [1.82, 2.24) is 0 Å². The first-order valence-electron chi connectivity index (χ1n) is 12.2. The first kappa shape index (κ1) is 24.2. The molecule has 0 aromatic heterocycles. The van der Waals surface area contributed by atoms with Gasteiger partial charge in [0, 0.05) is 46.8 Å². The average molecular weight is 495 g/mol. The van der Waals surface area contributed by atoms with E-state index in [0.717, 1.165) is 22.7 Å². The van der Waals surface area contributed by atoms with E-state index in [9.17, 15) is 14.7 Å². The smallest absolute Gasteiger partial charge is 0.198 e. The minimum Gasteiger partial charge on any atom is -0.505 e. The lowest BCUT2D eigenvalue weighted by Gasteiger charge is -2.24. The van der Waals surface area contributed by atoms with Crippen LogP contribution < -0.4 is 20.4 Å². The molecule has 0 spiro atoms. The Morgan fingerprint density at radius 1 is 0.595 bits per heavy atom. The van der Waals surface area contributed by atoms with E-state index in [2.05, 4.69) is 10.6 Å². The van der Waals surface area contributed by atoms with E-state index in [4.69, 9.17) is 0 Å². The maximum absolute atomic E-state index is 13.6. The first-order valence-corrected chi connectivity index (χ1v) is 12.2. The molecular weight excluding hydrogens is 464 g/mol. The summed E-state index contributed by atoms with van der Waals surface area (Å²) < 4.78 is 0. The summed E-state index contributed by atoms with van der Waals surface area (Å²) in [6, 6.07) is 24.1. The van der Waals surface area contributed by atoms with Crippen LogP contribution in [0.3, 0.4) is 0 Å². The van der Waals surface area contributed by atoms with Crippen molar-refractivity contribution in [3.05, 3.63) is 101 Å². The lowest BCUT2D eigenvalue weighted by atomic mass is 9.82. The number of aromatic hydroxyl groups is 1. The Morgan fingerprint density at radius 2 is 1.03 bits per heavy atom. The largest absolute Gasteiger partial charge is 0.505 e. The molecule has 37 heavy (non-hydrogen) atoms. The van der Waals surface area contributed by atoms with Crippen LogP contribution in [0.25, 0.3) is 0 Å². The lowest BCUT2D eigenvalue weighted by Crippen LogP contribution is -3.00. The lowest BCUT2D eigenvalue weighted by molar-refractivity contribution is -0.786. The normalized spacial score (nSPS) is 12.5. The zero-order valence-corrected chi connectivity index (χ0v) is 21.3. The number of anilines is 4. The summed E-state index contributed by atoms with van der Waals surface area (Å²) in [5.74, 6) is -0.933. The summed E-state index contributed by atoms with van der Waals surface area (Å²) in [6.45, 7) is 0. The number of carbonyl (C=O) groups is 2. The van der Waals surface area contributed by atoms with Crippen molar-refractivity contribution in [2.24, 2.45) is 0 Å². The molecule has 0 saturated carbocycles. The maximum Gasteiger partial charge on any atom is 0.198 e. The minimum atomic E-state index is -0.382. The molecule has 0 heterocycles. The number of rotatable bonds is 6. The Hall–Kier alpha value is -4.46. The molecule has 0 bridgehead atoms. The second-order valence-corrected chi connectivity index (χ2v) is 9.68. The first-order chi connectivity index (χ1) is 17.7. The fraction of sp³-hybridized carbons (Fsp3) is 0.133. The van der Waals surface area contributed by atoms with Crippen molar-refractivity contribution < 1.29 is 24.5 Å². The Balaban J connectivity index is 1.63. The highest BCUT2D eigenvalue weighted by atomic mass is 16.3. The highest BCUT2D eigenvalue weighted by Gasteiger charge is 2.35. The van der Waals surface area contributed by atoms with Gasteiger partial charge in [-0.2, -0.15) is 0 Å². The van der Waals surface area contributed by atoms with Crippen molar-refractivity contribution in [2.75, 3.05) is 38.8 Å². The molecule has 0 atom stereocenters. The third-order valence-electron chi connectivity index (χ3n) is 6.65. The Labute approximate surface area is 216 Å². The third kappa shape index (κ3) is 4.46. The molecule has 0 unspecified atom stereocenters. The molecule has 5 N–H and O–H groups in total. The number of phenols is 1. The van der Waals surface area contributed by atoms with Crippen LogP contribution in [0.1, 0.15) is 31.8 Å². The predicted octanol–water partition coefficient (Wildman–Crippen LogP) is 3.21. The Morgan fingerprint density at radius 3 is 1.49 bits per heavy atom. The summed E-state index contributed by atoms with van der Waals surface area (Å²) in [6.07, 6.45) is 0. The van der Waals surface area contributed by atoms with Gasteiger partial charge in [-0.05, 0) is 30.3 Å². The standard InChI is InChI=1S/C30H28N4O3/c1-33(2)20-13-9-18(10-14-20)31-24-17-25(32-19-11-15-21(16-12-19)34(3)4)30(37)27-26(24)28(35)22-7-5-6-8-23(22)29(27)36/h5-17,31-32,37H,1-4H3/p+2. The molecule has 4 aromatic rings. The highest BCUT2D eigenvalue weighted by Crippen LogP contribution is 2.43. The van der Waals surface area contributed by atoms with Crippen LogP contribution in [-0.2, 0) is 0 Å². The van der Waals surface area contributed by atoms with Gasteiger partial charge in [-0.25, -0.2) is 0 Å². The molecule has 5 rings (SSSR count). The van der Waals surface area contributed by atoms with Crippen LogP contribution in [-0.4, -0.2) is 44.9 Å². The number of benzene rings is 4. The van der Waals surface area contributed by atoms with Gasteiger partial charge in [-0.3, -0.25) is 9.59 Å². The van der Waals surface area contributed by atoms with E-state index >= 15 is 0 Å². The van der Waals surface area contributed by atoms with E-state index in [0.29, 0.717) is 16.9 Å². The van der Waals surface area contributed by atoms with Crippen molar-refractivity contribution >= 4 is 45.7 Å². The molecule has 0 radical (unpaired) electrons. The van der Waals surface area contributed by atoms with E-state index < -0.39 is 0 Å². The number of phenolic OH excluding ortho intramolecular Hbond substituents is 1. The second-order valence-electron chi connectivity index (χ2n) is 9.68. The van der Waals surface area contributed by atoms with Gasteiger partial charge < -0.3 is 25.5 Å². The van der Waals surface area contributed by atoms with Gasteiger partial charge in [0.2, 0.25) is 0 Å². The fourth-order valence-electron chi connectivity index (χ4n) is 4.56. The van der Waals surface area contributed by atoms with E-state index in [-0.39, 0.29) is 34.0 Å². The maximum atomic E-state index is 13.6. The Kier molecular flexibility index (Phi) is 6.25. The molecule has 0 fully saturated rings. The number of nitrogens with one attached hydrogen (secondary N) is 4. The van der Waals surface area contributed by atoms with E-state index in [1.807, 2.05) is 76.7 Å². The zero-order valence-electron chi connectivity index (χ0n) is 21.3. The molecular formula is C30H30N4O3+2. The van der Waals surface area contributed by atoms with Gasteiger partial charge in [0.1, 0.15) is 11.4 Å². The van der Waals surface area contributed by atoms with Gasteiger partial charge in [0.25, 0.3) is 0 Å². The molecule has 1 aliphatic carbocycles. The van der Waals surface area contributed by atoms with Crippen molar-refractivity contribution in [3.63, 3.8) is 0 Å². The molecule has 186 valence electrons. The molecule has 1 aliphatic rings. The molecule has 7 heteroatoms. The van der Waals surface area contributed by atoms with Crippen LogP contribution in [0, 0.1) is 0 Å². The monoisotopic (exact) mass is 494 g/mol. The van der Waals surface area contributed by atoms with E-state index in [1.165, 1.54) is 9.80 Å². The number of carbonyl (C=O) groups excluding carboxylic acids is 2. The van der Waals surface area contributed by atoms with Gasteiger partial charge >= 0.3 is 0 Å². The quantitative estimate of drug-likeness (QED) is 0.185. The molecule has 0 saturated heterocycles. The van der Waals surface area contributed by atoms with Crippen LogP contribution in [0.5, 0.6) is 5.75 Å². The van der Waals surface area contributed by atoms with Crippen LogP contribution >= 0.6 is 0 Å². The second kappa shape index (κ2) is 9.54. The summed E-state index contributed by atoms with van der Waals surface area (Å²) in [5.41, 5.74) is 5.31. The van der Waals surface area contributed by atoms with Gasteiger partial charge in [0.15, 0.2) is 17.3 Å². The molecule has 0 amide bonds. The topological polar surface area (TPSA) is 87.3 Å². The highest BCUT2D eigenvalue weighted by molar-refractivity contribution is 6.31. The number of quaternary nitrogens is 2. The van der Waals surface area contributed by atoms with Crippen LogP contribution in [0.2, 0.25) is 0 Å². The molecule has 4 aromatic carbocycles.